The topological polar surface area (TPSA) is 66.4 Å². The van der Waals surface area contributed by atoms with Gasteiger partial charge in [-0.1, -0.05) is 24.4 Å². The lowest BCUT2D eigenvalue weighted by Crippen LogP contribution is -2.49. The monoisotopic (exact) mass is 367 g/mol. The van der Waals surface area contributed by atoms with Gasteiger partial charge < -0.3 is 5.11 Å². The van der Waals surface area contributed by atoms with Gasteiger partial charge >= 0.3 is 0 Å². The summed E-state index contributed by atoms with van der Waals surface area (Å²) < 4.78 is 27.9. The van der Waals surface area contributed by atoms with Crippen LogP contribution in [0, 0.1) is 0 Å². The number of rotatable bonds is 4. The van der Waals surface area contributed by atoms with E-state index in [0.29, 0.717) is 22.3 Å². The summed E-state index contributed by atoms with van der Waals surface area (Å²) in [5, 5.41) is 9.81. The third-order valence-corrected chi connectivity index (χ3v) is 6.22. The number of nitrogens with one attached hydrogen (secondary N) is 1. The first kappa shape index (κ1) is 15.3. The lowest BCUT2D eigenvalue weighted by molar-refractivity contribution is 0.185. The molecule has 0 spiro atoms. The molecule has 0 atom stereocenters. The Morgan fingerprint density at radius 2 is 2.00 bits per heavy atom. The van der Waals surface area contributed by atoms with Crippen LogP contribution in [-0.2, 0) is 10.0 Å². The minimum atomic E-state index is -3.67. The average molecular weight is 369 g/mol. The first-order valence-corrected chi connectivity index (χ1v) is 8.64. The fourth-order valence-corrected chi connectivity index (χ4v) is 4.30. The van der Waals surface area contributed by atoms with E-state index < -0.39 is 15.6 Å². The number of aliphatic hydroxyl groups is 1. The highest BCUT2D eigenvalue weighted by Gasteiger charge is 2.37. The highest BCUT2D eigenvalue weighted by molar-refractivity contribution is 9.10. The Hall–Kier alpha value is -0.140. The van der Waals surface area contributed by atoms with E-state index in [2.05, 4.69) is 20.7 Å². The maximum absolute atomic E-state index is 12.3. The van der Waals surface area contributed by atoms with Gasteiger partial charge in [-0.05, 0) is 47.0 Å². The van der Waals surface area contributed by atoms with Crippen LogP contribution in [0.4, 0.5) is 0 Å². The van der Waals surface area contributed by atoms with Crippen molar-refractivity contribution >= 4 is 37.6 Å². The third kappa shape index (κ3) is 3.31. The third-order valence-electron chi connectivity index (χ3n) is 3.42. The Kier molecular flexibility index (Phi) is 4.57. The molecular formula is C12H15BrClNO3S. The zero-order valence-corrected chi connectivity index (χ0v) is 13.4. The van der Waals surface area contributed by atoms with Gasteiger partial charge in [0.1, 0.15) is 0 Å². The molecule has 0 amide bonds. The first-order chi connectivity index (χ1) is 8.88. The van der Waals surface area contributed by atoms with Gasteiger partial charge in [-0.3, -0.25) is 0 Å². The minimum Gasteiger partial charge on any atom is -0.394 e. The predicted octanol–water partition coefficient (Wildman–Crippen LogP) is 2.69. The van der Waals surface area contributed by atoms with Crippen molar-refractivity contribution in [3.63, 3.8) is 0 Å². The van der Waals surface area contributed by atoms with E-state index in [0.717, 1.165) is 12.8 Å². The smallest absolute Gasteiger partial charge is 0.241 e. The van der Waals surface area contributed by atoms with Crippen LogP contribution in [0.25, 0.3) is 0 Å². The average Bonchev–Trinajstić information content (AvgIpc) is 2.81. The van der Waals surface area contributed by atoms with E-state index in [-0.39, 0.29) is 11.5 Å². The molecule has 1 saturated carbocycles. The lowest BCUT2D eigenvalue weighted by atomic mass is 10.0. The van der Waals surface area contributed by atoms with Crippen LogP contribution in [0.5, 0.6) is 0 Å². The summed E-state index contributed by atoms with van der Waals surface area (Å²) in [6.45, 7) is -0.184. The van der Waals surface area contributed by atoms with Gasteiger partial charge in [0.15, 0.2) is 0 Å². The Balaban J connectivity index is 2.29. The SMILES string of the molecule is O=S(=O)(NC1(CO)CCCC1)c1ccc(Br)c(Cl)c1. The van der Waals surface area contributed by atoms with E-state index in [9.17, 15) is 13.5 Å². The number of benzene rings is 1. The van der Waals surface area contributed by atoms with E-state index >= 15 is 0 Å². The zero-order valence-electron chi connectivity index (χ0n) is 10.2. The van der Waals surface area contributed by atoms with Gasteiger partial charge in [0.05, 0.1) is 22.1 Å². The number of hydrogen-bond donors (Lipinski definition) is 2. The Morgan fingerprint density at radius 1 is 1.37 bits per heavy atom. The second-order valence-corrected chi connectivity index (χ2v) is 7.77. The molecule has 1 aromatic carbocycles. The predicted molar refractivity (Wildman–Crippen MR) is 77.8 cm³/mol. The maximum atomic E-state index is 12.3. The van der Waals surface area contributed by atoms with Crippen molar-refractivity contribution in [2.75, 3.05) is 6.61 Å². The Bertz CT molecular complexity index is 570. The maximum Gasteiger partial charge on any atom is 0.241 e. The molecule has 1 aliphatic rings. The highest BCUT2D eigenvalue weighted by Crippen LogP contribution is 2.32. The van der Waals surface area contributed by atoms with Gasteiger partial charge in [-0.2, -0.15) is 0 Å². The summed E-state index contributed by atoms with van der Waals surface area (Å²) in [4.78, 5) is 0.112. The van der Waals surface area contributed by atoms with E-state index in [4.69, 9.17) is 11.6 Å². The van der Waals surface area contributed by atoms with Crippen molar-refractivity contribution < 1.29 is 13.5 Å². The molecule has 19 heavy (non-hydrogen) atoms. The van der Waals surface area contributed by atoms with Crippen LogP contribution in [0.15, 0.2) is 27.6 Å². The molecule has 4 nitrogen and oxygen atoms in total. The molecule has 1 aromatic rings. The molecule has 2 rings (SSSR count). The molecule has 0 heterocycles. The number of halogens is 2. The first-order valence-electron chi connectivity index (χ1n) is 5.98. The normalized spacial score (nSPS) is 18.7. The fourth-order valence-electron chi connectivity index (χ4n) is 2.33. The van der Waals surface area contributed by atoms with Crippen molar-refractivity contribution in [2.45, 2.75) is 36.1 Å². The molecule has 106 valence electrons. The highest BCUT2D eigenvalue weighted by atomic mass is 79.9. The number of hydrogen-bond acceptors (Lipinski definition) is 3. The molecular weight excluding hydrogens is 354 g/mol. The van der Waals surface area contributed by atoms with Gasteiger partial charge in [0.25, 0.3) is 0 Å². The lowest BCUT2D eigenvalue weighted by Gasteiger charge is -2.27. The van der Waals surface area contributed by atoms with Crippen LogP contribution >= 0.6 is 27.5 Å². The minimum absolute atomic E-state index is 0.112. The molecule has 1 fully saturated rings. The quantitative estimate of drug-likeness (QED) is 0.858. The molecule has 1 aliphatic carbocycles. The molecule has 2 N–H and O–H groups in total. The molecule has 0 saturated heterocycles. The molecule has 7 heteroatoms. The van der Waals surface area contributed by atoms with Crippen LogP contribution in [0.2, 0.25) is 5.02 Å². The van der Waals surface area contributed by atoms with Gasteiger partial charge in [0, 0.05) is 4.47 Å². The van der Waals surface area contributed by atoms with Gasteiger partial charge in [0.2, 0.25) is 10.0 Å². The summed E-state index contributed by atoms with van der Waals surface area (Å²) in [5.41, 5.74) is -0.724. The molecule has 0 radical (unpaired) electrons. The van der Waals surface area contributed by atoms with Crippen LogP contribution in [0.1, 0.15) is 25.7 Å². The van der Waals surface area contributed by atoms with E-state index in [1.165, 1.54) is 12.1 Å². The number of sulfonamides is 1. The second kappa shape index (κ2) is 5.69. The summed E-state index contributed by atoms with van der Waals surface area (Å²) >= 11 is 9.14. The van der Waals surface area contributed by atoms with Crippen molar-refractivity contribution in [1.29, 1.82) is 0 Å². The second-order valence-electron chi connectivity index (χ2n) is 4.83. The largest absolute Gasteiger partial charge is 0.394 e. The summed E-state index contributed by atoms with van der Waals surface area (Å²) in [5.74, 6) is 0. The fraction of sp³-hybridized carbons (Fsp3) is 0.500. The van der Waals surface area contributed by atoms with E-state index in [1.54, 1.807) is 6.07 Å². The number of aliphatic hydroxyl groups excluding tert-OH is 1. The standard InChI is InChI=1S/C12H15BrClNO3S/c13-10-4-3-9(7-11(10)14)19(17,18)15-12(8-16)5-1-2-6-12/h3-4,7,15-16H,1-2,5-6,8H2. The van der Waals surface area contributed by atoms with Gasteiger partial charge in [-0.15, -0.1) is 0 Å². The molecule has 0 aromatic heterocycles. The Morgan fingerprint density at radius 3 is 2.53 bits per heavy atom. The summed E-state index contributed by atoms with van der Waals surface area (Å²) in [6, 6.07) is 4.48. The Labute approximate surface area is 126 Å². The van der Waals surface area contributed by atoms with Crippen LogP contribution in [0.3, 0.4) is 0 Å². The summed E-state index contributed by atoms with van der Waals surface area (Å²) in [7, 11) is -3.67. The molecule has 0 unspecified atom stereocenters. The van der Waals surface area contributed by atoms with Crippen molar-refractivity contribution in [3.8, 4) is 0 Å². The van der Waals surface area contributed by atoms with E-state index in [1.807, 2.05) is 0 Å². The zero-order chi connectivity index (χ0) is 14.1. The molecule has 0 bridgehead atoms. The van der Waals surface area contributed by atoms with Crippen molar-refractivity contribution in [2.24, 2.45) is 0 Å². The van der Waals surface area contributed by atoms with Crippen molar-refractivity contribution in [1.82, 2.24) is 4.72 Å². The van der Waals surface area contributed by atoms with Crippen LogP contribution < -0.4 is 4.72 Å². The van der Waals surface area contributed by atoms with Gasteiger partial charge in [-0.25, -0.2) is 13.1 Å². The molecule has 0 aliphatic heterocycles. The van der Waals surface area contributed by atoms with Crippen LogP contribution in [-0.4, -0.2) is 25.7 Å². The summed E-state index contributed by atoms with van der Waals surface area (Å²) in [6.07, 6.45) is 3.16. The van der Waals surface area contributed by atoms with Crippen molar-refractivity contribution in [3.05, 3.63) is 27.7 Å².